The second-order valence-corrected chi connectivity index (χ2v) is 3.36. The van der Waals surface area contributed by atoms with Crippen LogP contribution in [-0.4, -0.2) is 37.5 Å². The molecule has 0 saturated carbocycles. The van der Waals surface area contributed by atoms with E-state index in [0.29, 0.717) is 12.6 Å². The van der Waals surface area contributed by atoms with Crippen molar-refractivity contribution in [3.05, 3.63) is 0 Å². The van der Waals surface area contributed by atoms with E-state index in [4.69, 9.17) is 0 Å². The summed E-state index contributed by atoms with van der Waals surface area (Å²) in [5.41, 5.74) is 0. The Morgan fingerprint density at radius 1 is 1.50 bits per heavy atom. The Hall–Kier alpha value is -0.570. The van der Waals surface area contributed by atoms with Gasteiger partial charge in [-0.3, -0.25) is 4.79 Å². The van der Waals surface area contributed by atoms with E-state index in [9.17, 15) is 4.79 Å². The van der Waals surface area contributed by atoms with Gasteiger partial charge in [0.1, 0.15) is 0 Å². The minimum Gasteiger partial charge on any atom is -0.348 e. The van der Waals surface area contributed by atoms with Crippen LogP contribution in [0.2, 0.25) is 0 Å². The van der Waals surface area contributed by atoms with Crippen molar-refractivity contribution in [3.8, 4) is 0 Å². The number of hydrogen-bond donors (Lipinski definition) is 1. The lowest BCUT2D eigenvalue weighted by Gasteiger charge is -2.15. The summed E-state index contributed by atoms with van der Waals surface area (Å²) in [5, 5.41) is 3.17. The van der Waals surface area contributed by atoms with Gasteiger partial charge in [-0.2, -0.15) is 0 Å². The Balaban J connectivity index is 3.47. The molecule has 1 N–H and O–H groups in total. The summed E-state index contributed by atoms with van der Waals surface area (Å²) in [4.78, 5) is 12.7. The Labute approximate surface area is 75.1 Å². The highest BCUT2D eigenvalue weighted by Crippen LogP contribution is 1.93. The zero-order valence-corrected chi connectivity index (χ0v) is 8.55. The van der Waals surface area contributed by atoms with Gasteiger partial charge in [0, 0.05) is 20.1 Å². The van der Waals surface area contributed by atoms with Crippen LogP contribution < -0.4 is 5.32 Å². The Morgan fingerprint density at radius 2 is 2.08 bits per heavy atom. The van der Waals surface area contributed by atoms with E-state index in [1.54, 1.807) is 19.0 Å². The first-order valence-electron chi connectivity index (χ1n) is 4.51. The fraction of sp³-hybridized carbons (Fsp3) is 0.889. The van der Waals surface area contributed by atoms with Gasteiger partial charge in [-0.15, -0.1) is 0 Å². The molecule has 3 nitrogen and oxygen atoms in total. The molecule has 3 heteroatoms. The molecule has 0 spiro atoms. The molecular weight excluding hydrogens is 152 g/mol. The third-order valence-corrected chi connectivity index (χ3v) is 1.82. The third-order valence-electron chi connectivity index (χ3n) is 1.82. The fourth-order valence-corrected chi connectivity index (χ4v) is 0.955. The maximum atomic E-state index is 11.1. The quantitative estimate of drug-likeness (QED) is 0.667. The second kappa shape index (κ2) is 6.00. The maximum absolute atomic E-state index is 11.1. The lowest BCUT2D eigenvalue weighted by Crippen LogP contribution is -2.37. The number of carbonyl (C=O) groups excluding carboxylic acids is 1. The number of nitrogens with one attached hydrogen (secondary N) is 1. The number of likely N-dealkylation sites (N-methyl/N-ethyl adjacent to an activating group) is 1. The highest BCUT2D eigenvalue weighted by molar-refractivity contribution is 5.77. The summed E-state index contributed by atoms with van der Waals surface area (Å²) >= 11 is 0. The van der Waals surface area contributed by atoms with Gasteiger partial charge in [0.2, 0.25) is 5.91 Å². The molecule has 1 amide bonds. The van der Waals surface area contributed by atoms with Gasteiger partial charge in [-0.1, -0.05) is 13.3 Å². The first-order chi connectivity index (χ1) is 5.57. The van der Waals surface area contributed by atoms with E-state index >= 15 is 0 Å². The highest BCUT2D eigenvalue weighted by atomic mass is 16.2. The van der Waals surface area contributed by atoms with Crippen molar-refractivity contribution in [1.82, 2.24) is 10.2 Å². The second-order valence-electron chi connectivity index (χ2n) is 3.36. The van der Waals surface area contributed by atoms with E-state index in [-0.39, 0.29) is 5.91 Å². The molecule has 0 saturated heterocycles. The van der Waals surface area contributed by atoms with Crippen molar-refractivity contribution < 1.29 is 4.79 Å². The normalized spacial score (nSPS) is 12.7. The molecule has 72 valence electrons. The first-order valence-corrected chi connectivity index (χ1v) is 4.51. The minimum atomic E-state index is 0.137. The van der Waals surface area contributed by atoms with Crippen molar-refractivity contribution in [2.24, 2.45) is 0 Å². The van der Waals surface area contributed by atoms with Crippen LogP contribution in [0.15, 0.2) is 0 Å². The van der Waals surface area contributed by atoms with Crippen LogP contribution >= 0.6 is 0 Å². The summed E-state index contributed by atoms with van der Waals surface area (Å²) in [6, 6.07) is 0.443. The predicted molar refractivity (Wildman–Crippen MR) is 51.1 cm³/mol. The van der Waals surface area contributed by atoms with Crippen LogP contribution in [0.5, 0.6) is 0 Å². The molecule has 0 bridgehead atoms. The number of rotatable bonds is 5. The molecule has 0 fully saturated rings. The Bertz CT molecular complexity index is 134. The van der Waals surface area contributed by atoms with Crippen molar-refractivity contribution in [3.63, 3.8) is 0 Å². The van der Waals surface area contributed by atoms with Crippen molar-refractivity contribution in [2.75, 3.05) is 20.6 Å². The molecule has 0 rings (SSSR count). The lowest BCUT2D eigenvalue weighted by molar-refractivity contribution is -0.127. The van der Waals surface area contributed by atoms with Crippen LogP contribution in [0.25, 0.3) is 0 Å². The SMILES string of the molecule is CCC[C@@H](C)NCC(=O)N(C)C. The average Bonchev–Trinajstić information content (AvgIpc) is 2.00. The standard InChI is InChI=1S/C9H20N2O/c1-5-6-8(2)10-7-9(12)11(3)4/h8,10H,5-7H2,1-4H3/t8-/m1/s1. The van der Waals surface area contributed by atoms with Crippen LogP contribution in [0.4, 0.5) is 0 Å². The van der Waals surface area contributed by atoms with Gasteiger partial charge in [-0.25, -0.2) is 0 Å². The van der Waals surface area contributed by atoms with E-state index in [1.807, 2.05) is 0 Å². The van der Waals surface area contributed by atoms with Crippen LogP contribution in [0, 0.1) is 0 Å². The molecule has 0 aliphatic rings. The molecule has 0 radical (unpaired) electrons. The third kappa shape index (κ3) is 5.13. The van der Waals surface area contributed by atoms with Gasteiger partial charge in [0.25, 0.3) is 0 Å². The minimum absolute atomic E-state index is 0.137. The molecular formula is C9H20N2O. The molecule has 1 atom stereocenters. The molecule has 0 heterocycles. The Morgan fingerprint density at radius 3 is 2.50 bits per heavy atom. The molecule has 0 aromatic rings. The summed E-state index contributed by atoms with van der Waals surface area (Å²) in [7, 11) is 3.54. The van der Waals surface area contributed by atoms with E-state index in [2.05, 4.69) is 19.2 Å². The zero-order chi connectivity index (χ0) is 9.56. The van der Waals surface area contributed by atoms with Crippen LogP contribution in [-0.2, 0) is 4.79 Å². The summed E-state index contributed by atoms with van der Waals surface area (Å²) in [6.45, 7) is 4.70. The highest BCUT2D eigenvalue weighted by Gasteiger charge is 2.05. The Kier molecular flexibility index (Phi) is 5.72. The smallest absolute Gasteiger partial charge is 0.236 e. The number of carbonyl (C=O) groups is 1. The summed E-state index contributed by atoms with van der Waals surface area (Å²) in [5.74, 6) is 0.137. The monoisotopic (exact) mass is 172 g/mol. The maximum Gasteiger partial charge on any atom is 0.236 e. The first kappa shape index (κ1) is 11.4. The number of hydrogen-bond acceptors (Lipinski definition) is 2. The van der Waals surface area contributed by atoms with Gasteiger partial charge in [0.05, 0.1) is 6.54 Å². The molecule has 0 aromatic heterocycles. The number of amides is 1. The molecule has 0 aliphatic heterocycles. The average molecular weight is 172 g/mol. The van der Waals surface area contributed by atoms with E-state index in [1.165, 1.54) is 0 Å². The zero-order valence-electron chi connectivity index (χ0n) is 8.55. The van der Waals surface area contributed by atoms with Gasteiger partial charge in [0.15, 0.2) is 0 Å². The van der Waals surface area contributed by atoms with E-state index in [0.717, 1.165) is 12.8 Å². The van der Waals surface area contributed by atoms with Crippen molar-refractivity contribution in [1.29, 1.82) is 0 Å². The fourth-order valence-electron chi connectivity index (χ4n) is 0.955. The van der Waals surface area contributed by atoms with Gasteiger partial charge >= 0.3 is 0 Å². The lowest BCUT2D eigenvalue weighted by atomic mass is 10.2. The molecule has 0 aromatic carbocycles. The van der Waals surface area contributed by atoms with Crippen molar-refractivity contribution >= 4 is 5.91 Å². The predicted octanol–water partition coefficient (Wildman–Crippen LogP) is 0.853. The topological polar surface area (TPSA) is 32.3 Å². The van der Waals surface area contributed by atoms with Crippen molar-refractivity contribution in [2.45, 2.75) is 32.7 Å². The van der Waals surface area contributed by atoms with Crippen LogP contribution in [0.1, 0.15) is 26.7 Å². The summed E-state index contributed by atoms with van der Waals surface area (Å²) in [6.07, 6.45) is 2.28. The molecule has 0 unspecified atom stereocenters. The summed E-state index contributed by atoms with van der Waals surface area (Å²) < 4.78 is 0. The van der Waals surface area contributed by atoms with E-state index < -0.39 is 0 Å². The number of nitrogens with zero attached hydrogens (tertiary/aromatic N) is 1. The van der Waals surface area contributed by atoms with Crippen LogP contribution in [0.3, 0.4) is 0 Å². The largest absolute Gasteiger partial charge is 0.348 e. The van der Waals surface area contributed by atoms with Gasteiger partial charge < -0.3 is 10.2 Å². The molecule has 0 aliphatic carbocycles. The molecule has 12 heavy (non-hydrogen) atoms. The van der Waals surface area contributed by atoms with Gasteiger partial charge in [-0.05, 0) is 13.3 Å².